The molecule has 0 unspecified atom stereocenters. The minimum Gasteiger partial charge on any atom is -0.393 e. The summed E-state index contributed by atoms with van der Waals surface area (Å²) in [7, 11) is 0. The highest BCUT2D eigenvalue weighted by atomic mass is 19.4. The van der Waals surface area contributed by atoms with Crippen molar-refractivity contribution >= 4 is 0 Å². The molecule has 1 N–H and O–H groups in total. The molecule has 0 amide bonds. The minimum absolute atomic E-state index is 0.387. The monoisotopic (exact) mass is 383 g/mol. The van der Waals surface area contributed by atoms with Crippen LogP contribution in [0.2, 0.25) is 0 Å². The van der Waals surface area contributed by atoms with Crippen molar-refractivity contribution in [3.63, 3.8) is 0 Å². The molecule has 1 saturated heterocycles. The first kappa shape index (κ1) is 19.8. The normalized spacial score (nSPS) is 18.6. The zero-order valence-electron chi connectivity index (χ0n) is 15.6. The van der Waals surface area contributed by atoms with E-state index in [1.807, 2.05) is 25.7 Å². The van der Waals surface area contributed by atoms with Crippen molar-refractivity contribution in [2.24, 2.45) is 0 Å². The number of aromatic nitrogens is 4. The third-order valence-corrected chi connectivity index (χ3v) is 4.77. The topological polar surface area (TPSA) is 67.1 Å². The van der Waals surface area contributed by atoms with Crippen LogP contribution >= 0.6 is 0 Å². The van der Waals surface area contributed by atoms with E-state index in [9.17, 15) is 18.3 Å². The second-order valence-corrected chi connectivity index (χ2v) is 7.91. The number of tetrazole rings is 1. The molecule has 3 rings (SSSR count). The Morgan fingerprint density at radius 2 is 1.81 bits per heavy atom. The first-order chi connectivity index (χ1) is 12.6. The van der Waals surface area contributed by atoms with E-state index < -0.39 is 23.3 Å². The van der Waals surface area contributed by atoms with E-state index in [4.69, 9.17) is 0 Å². The number of hydrogen-bond acceptors (Lipinski definition) is 5. The molecule has 0 bridgehead atoms. The zero-order chi connectivity index (χ0) is 19.8. The summed E-state index contributed by atoms with van der Waals surface area (Å²) in [4.78, 5) is 2.04. The average molecular weight is 383 g/mol. The lowest BCUT2D eigenvalue weighted by molar-refractivity contribution is -0.137. The summed E-state index contributed by atoms with van der Waals surface area (Å²) in [6, 6.07) is 4.79. The fourth-order valence-corrected chi connectivity index (χ4v) is 3.39. The molecule has 6 nitrogen and oxygen atoms in total. The van der Waals surface area contributed by atoms with E-state index >= 15 is 0 Å². The molecule has 2 heterocycles. The van der Waals surface area contributed by atoms with Crippen molar-refractivity contribution in [2.75, 3.05) is 13.1 Å². The van der Waals surface area contributed by atoms with Gasteiger partial charge in [0.1, 0.15) is 0 Å². The number of nitrogens with zero attached hydrogens (tertiary/aromatic N) is 5. The van der Waals surface area contributed by atoms with Crippen LogP contribution in [0.1, 0.15) is 56.6 Å². The third-order valence-electron chi connectivity index (χ3n) is 4.77. The van der Waals surface area contributed by atoms with Crippen LogP contribution in [-0.2, 0) is 11.7 Å². The number of alkyl halides is 3. The number of halogens is 3. The summed E-state index contributed by atoms with van der Waals surface area (Å²) in [6.07, 6.45) is -3.68. The summed E-state index contributed by atoms with van der Waals surface area (Å²) in [6.45, 7) is 6.93. The molecule has 0 aliphatic carbocycles. The molecule has 1 aromatic carbocycles. The molecule has 1 aromatic heterocycles. The van der Waals surface area contributed by atoms with Gasteiger partial charge in [-0.25, -0.2) is 4.68 Å². The van der Waals surface area contributed by atoms with Gasteiger partial charge in [0.25, 0.3) is 0 Å². The maximum atomic E-state index is 13.2. The molecule has 1 atom stereocenters. The molecular weight excluding hydrogens is 359 g/mol. The zero-order valence-corrected chi connectivity index (χ0v) is 15.6. The molecule has 0 radical (unpaired) electrons. The summed E-state index contributed by atoms with van der Waals surface area (Å²) in [5.41, 5.74) is -0.632. The van der Waals surface area contributed by atoms with Crippen LogP contribution in [0.25, 0.3) is 0 Å². The largest absolute Gasteiger partial charge is 0.416 e. The second kappa shape index (κ2) is 7.20. The Hall–Kier alpha value is -2.00. The minimum atomic E-state index is -4.42. The number of benzene rings is 1. The van der Waals surface area contributed by atoms with Gasteiger partial charge in [0.15, 0.2) is 5.82 Å². The predicted molar refractivity (Wildman–Crippen MR) is 92.9 cm³/mol. The maximum absolute atomic E-state index is 13.2. The summed E-state index contributed by atoms with van der Waals surface area (Å²) in [5.74, 6) is 0.498. The van der Waals surface area contributed by atoms with Gasteiger partial charge in [-0.05, 0) is 61.7 Å². The highest BCUT2D eigenvalue weighted by Crippen LogP contribution is 2.35. The van der Waals surface area contributed by atoms with Gasteiger partial charge in [0.05, 0.1) is 23.2 Å². The molecule has 27 heavy (non-hydrogen) atoms. The Kier molecular flexibility index (Phi) is 5.27. The van der Waals surface area contributed by atoms with Gasteiger partial charge < -0.3 is 5.11 Å². The molecule has 9 heteroatoms. The lowest BCUT2D eigenvalue weighted by Gasteiger charge is -2.37. The molecule has 148 valence electrons. The second-order valence-electron chi connectivity index (χ2n) is 7.91. The standard InChI is InChI=1S/C18H24F3N5O/c1-17(2,3)26-16(22-23-24-26)15(25-9-7-14(27)8-10-25)12-5-4-6-13(11-12)18(19,20)21/h4-6,11,14-15,27H,7-10H2,1-3H3/t15-/m1/s1. The Morgan fingerprint density at radius 1 is 1.15 bits per heavy atom. The van der Waals surface area contributed by atoms with E-state index in [1.165, 1.54) is 6.07 Å². The molecular formula is C18H24F3N5O. The fraction of sp³-hybridized carbons (Fsp3) is 0.611. The van der Waals surface area contributed by atoms with Crippen molar-refractivity contribution in [1.29, 1.82) is 0 Å². The molecule has 0 saturated carbocycles. The first-order valence-electron chi connectivity index (χ1n) is 8.95. The van der Waals surface area contributed by atoms with Gasteiger partial charge in [-0.2, -0.15) is 13.2 Å². The van der Waals surface area contributed by atoms with Crippen LogP contribution in [0.4, 0.5) is 13.2 Å². The molecule has 2 aromatic rings. The number of piperidine rings is 1. The summed E-state index contributed by atoms with van der Waals surface area (Å²) < 4.78 is 41.4. The van der Waals surface area contributed by atoms with E-state index in [1.54, 1.807) is 10.7 Å². The van der Waals surface area contributed by atoms with Crippen LogP contribution < -0.4 is 0 Å². The van der Waals surface area contributed by atoms with E-state index in [-0.39, 0.29) is 6.10 Å². The fourth-order valence-electron chi connectivity index (χ4n) is 3.39. The van der Waals surface area contributed by atoms with Crippen molar-refractivity contribution in [3.05, 3.63) is 41.2 Å². The van der Waals surface area contributed by atoms with Crippen molar-refractivity contribution in [1.82, 2.24) is 25.1 Å². The summed E-state index contributed by atoms with van der Waals surface area (Å²) in [5, 5.41) is 21.8. The SMILES string of the molecule is CC(C)(C)n1nnnc1[C@@H](c1cccc(C(F)(F)F)c1)N1CCC(O)CC1. The Morgan fingerprint density at radius 3 is 2.41 bits per heavy atom. The van der Waals surface area contributed by atoms with Crippen LogP contribution in [0.5, 0.6) is 0 Å². The molecule has 1 fully saturated rings. The quantitative estimate of drug-likeness (QED) is 0.883. The lowest BCUT2D eigenvalue weighted by atomic mass is 9.97. The van der Waals surface area contributed by atoms with Gasteiger partial charge >= 0.3 is 6.18 Å². The highest BCUT2D eigenvalue weighted by Gasteiger charge is 2.36. The first-order valence-corrected chi connectivity index (χ1v) is 8.95. The van der Waals surface area contributed by atoms with E-state index in [0.29, 0.717) is 37.3 Å². The van der Waals surface area contributed by atoms with Crippen LogP contribution in [-0.4, -0.2) is 49.4 Å². The van der Waals surface area contributed by atoms with Gasteiger partial charge in [-0.3, -0.25) is 4.90 Å². The number of likely N-dealkylation sites (tertiary alicyclic amines) is 1. The Bertz CT molecular complexity index is 776. The van der Waals surface area contributed by atoms with Crippen LogP contribution in [0.3, 0.4) is 0 Å². The van der Waals surface area contributed by atoms with Crippen molar-refractivity contribution in [3.8, 4) is 0 Å². The van der Waals surface area contributed by atoms with E-state index in [0.717, 1.165) is 12.1 Å². The lowest BCUT2D eigenvalue weighted by Crippen LogP contribution is -2.41. The van der Waals surface area contributed by atoms with Crippen LogP contribution in [0.15, 0.2) is 24.3 Å². The number of hydrogen-bond donors (Lipinski definition) is 1. The van der Waals surface area contributed by atoms with Gasteiger partial charge in [0.2, 0.25) is 0 Å². The number of rotatable bonds is 3. The third kappa shape index (κ3) is 4.30. The van der Waals surface area contributed by atoms with Gasteiger partial charge in [-0.1, -0.05) is 12.1 Å². The Labute approximate surface area is 156 Å². The van der Waals surface area contributed by atoms with Crippen LogP contribution in [0, 0.1) is 0 Å². The molecule has 1 aliphatic heterocycles. The predicted octanol–water partition coefficient (Wildman–Crippen LogP) is 2.99. The molecule has 1 aliphatic rings. The average Bonchev–Trinajstić information content (AvgIpc) is 3.06. The molecule has 0 spiro atoms. The smallest absolute Gasteiger partial charge is 0.393 e. The van der Waals surface area contributed by atoms with Crippen molar-refractivity contribution < 1.29 is 18.3 Å². The Balaban J connectivity index is 2.08. The number of aliphatic hydroxyl groups is 1. The highest BCUT2D eigenvalue weighted by molar-refractivity contribution is 5.31. The maximum Gasteiger partial charge on any atom is 0.416 e. The van der Waals surface area contributed by atoms with Gasteiger partial charge in [0, 0.05) is 13.1 Å². The number of aliphatic hydroxyl groups excluding tert-OH is 1. The van der Waals surface area contributed by atoms with E-state index in [2.05, 4.69) is 15.5 Å². The van der Waals surface area contributed by atoms with Gasteiger partial charge in [-0.15, -0.1) is 5.10 Å². The van der Waals surface area contributed by atoms with Crippen molar-refractivity contribution in [2.45, 2.75) is 57.5 Å². The summed E-state index contributed by atoms with van der Waals surface area (Å²) >= 11 is 0.